The van der Waals surface area contributed by atoms with Gasteiger partial charge in [0.2, 0.25) is 0 Å². The maximum atomic E-state index is 11.4. The first-order chi connectivity index (χ1) is 8.37. The van der Waals surface area contributed by atoms with Crippen molar-refractivity contribution < 1.29 is 8.42 Å². The molecule has 2 atom stereocenters. The number of hydrogen-bond acceptors (Lipinski definition) is 2. The summed E-state index contributed by atoms with van der Waals surface area (Å²) in [4.78, 5) is 0.159. The minimum Gasteiger partial charge on any atom is -0.229 e. The van der Waals surface area contributed by atoms with Gasteiger partial charge >= 0.3 is 0 Å². The van der Waals surface area contributed by atoms with Gasteiger partial charge in [-0.3, -0.25) is 0 Å². The van der Waals surface area contributed by atoms with Gasteiger partial charge in [-0.1, -0.05) is 45.2 Å². The highest BCUT2D eigenvalue weighted by Crippen LogP contribution is 2.30. The largest absolute Gasteiger partial charge is 0.229 e. The molecule has 1 fully saturated rings. The zero-order valence-electron chi connectivity index (χ0n) is 9.57. The monoisotopic (exact) mass is 370 g/mol. The Balaban J connectivity index is 2.03. The fraction of sp³-hybridized carbons (Fsp3) is 0.500. The van der Waals surface area contributed by atoms with Crippen LogP contribution in [0.1, 0.15) is 12.0 Å². The van der Waals surface area contributed by atoms with Crippen LogP contribution >= 0.6 is 39.1 Å². The highest BCUT2D eigenvalue weighted by atomic mass is 79.9. The molecule has 18 heavy (non-hydrogen) atoms. The lowest BCUT2D eigenvalue weighted by molar-refractivity contribution is 0.563. The summed E-state index contributed by atoms with van der Waals surface area (Å²) >= 11 is 15.4. The van der Waals surface area contributed by atoms with Crippen molar-refractivity contribution in [3.63, 3.8) is 0 Å². The second kappa shape index (κ2) is 5.70. The quantitative estimate of drug-likeness (QED) is 0.758. The van der Waals surface area contributed by atoms with E-state index in [4.69, 9.17) is 23.2 Å². The van der Waals surface area contributed by atoms with Crippen LogP contribution in [0.4, 0.5) is 0 Å². The Morgan fingerprint density at radius 1 is 1.33 bits per heavy atom. The molecule has 0 spiro atoms. The van der Waals surface area contributed by atoms with Crippen LogP contribution in [-0.4, -0.2) is 24.8 Å². The molecular formula is C12H13BrCl2O2S. The van der Waals surface area contributed by atoms with Crippen molar-refractivity contribution in [1.29, 1.82) is 0 Å². The maximum absolute atomic E-state index is 11.4. The first-order valence-electron chi connectivity index (χ1n) is 5.66. The normalized spacial score (nSPS) is 24.1. The molecule has 0 radical (unpaired) electrons. The molecule has 6 heteroatoms. The number of alkyl halides is 1. The third-order valence-corrected chi connectivity index (χ3v) is 6.80. The molecular weight excluding hydrogens is 359 g/mol. The van der Waals surface area contributed by atoms with Gasteiger partial charge < -0.3 is 0 Å². The van der Waals surface area contributed by atoms with Crippen LogP contribution in [0.15, 0.2) is 18.2 Å². The lowest BCUT2D eigenvalue weighted by Crippen LogP contribution is -2.18. The van der Waals surface area contributed by atoms with E-state index in [1.807, 2.05) is 12.1 Å². The Morgan fingerprint density at radius 2 is 2.06 bits per heavy atom. The highest BCUT2D eigenvalue weighted by molar-refractivity contribution is 9.09. The summed E-state index contributed by atoms with van der Waals surface area (Å²) in [6.07, 6.45) is 1.50. The number of halogens is 3. The molecule has 1 aromatic rings. The second-order valence-corrected chi connectivity index (χ2v) is 8.85. The summed E-state index contributed by atoms with van der Waals surface area (Å²) < 4.78 is 22.9. The minimum absolute atomic E-state index is 0.159. The fourth-order valence-electron chi connectivity index (χ4n) is 2.17. The Kier molecular flexibility index (Phi) is 4.63. The average molecular weight is 372 g/mol. The second-order valence-electron chi connectivity index (χ2n) is 4.63. The molecule has 1 aliphatic heterocycles. The van der Waals surface area contributed by atoms with E-state index < -0.39 is 9.84 Å². The molecule has 0 saturated carbocycles. The summed E-state index contributed by atoms with van der Waals surface area (Å²) in [5.41, 5.74) is 1.07. The van der Waals surface area contributed by atoms with Crippen LogP contribution in [0.5, 0.6) is 0 Å². The molecule has 0 bridgehead atoms. The van der Waals surface area contributed by atoms with Crippen LogP contribution in [0.25, 0.3) is 0 Å². The molecule has 2 unspecified atom stereocenters. The molecule has 0 aliphatic carbocycles. The number of hydrogen-bond donors (Lipinski definition) is 0. The van der Waals surface area contributed by atoms with Crippen molar-refractivity contribution in [1.82, 2.24) is 0 Å². The summed E-state index contributed by atoms with van der Waals surface area (Å²) in [7, 11) is -2.82. The van der Waals surface area contributed by atoms with Gasteiger partial charge in [-0.25, -0.2) is 8.42 Å². The molecule has 0 N–H and O–H groups in total. The molecule has 1 aromatic carbocycles. The third kappa shape index (κ3) is 3.62. The fourth-order valence-corrected chi connectivity index (χ4v) is 5.44. The van der Waals surface area contributed by atoms with Crippen molar-refractivity contribution in [2.24, 2.45) is 5.92 Å². The van der Waals surface area contributed by atoms with Crippen LogP contribution in [0.2, 0.25) is 10.0 Å². The number of benzene rings is 1. The van der Waals surface area contributed by atoms with Crippen LogP contribution in [-0.2, 0) is 16.3 Å². The van der Waals surface area contributed by atoms with E-state index in [1.54, 1.807) is 6.07 Å². The lowest BCUT2D eigenvalue weighted by atomic mass is 9.99. The van der Waals surface area contributed by atoms with E-state index in [1.165, 1.54) is 0 Å². The zero-order chi connectivity index (χ0) is 13.3. The van der Waals surface area contributed by atoms with Gasteiger partial charge in [-0.15, -0.1) is 0 Å². The summed E-state index contributed by atoms with van der Waals surface area (Å²) in [5.74, 6) is 0.773. The Morgan fingerprint density at radius 3 is 2.61 bits per heavy atom. The van der Waals surface area contributed by atoms with Crippen molar-refractivity contribution in [3.8, 4) is 0 Å². The molecule has 1 heterocycles. The van der Waals surface area contributed by atoms with E-state index in [0.29, 0.717) is 15.8 Å². The van der Waals surface area contributed by atoms with Gasteiger partial charge in [0.25, 0.3) is 0 Å². The Labute approximate surface area is 126 Å². The molecule has 2 rings (SSSR count). The van der Waals surface area contributed by atoms with Crippen molar-refractivity contribution in [2.75, 3.05) is 11.5 Å². The van der Waals surface area contributed by atoms with Crippen LogP contribution < -0.4 is 0 Å². The maximum Gasteiger partial charge on any atom is 0.150 e. The lowest BCUT2D eigenvalue weighted by Gasteiger charge is -2.16. The minimum atomic E-state index is -2.82. The molecule has 1 saturated heterocycles. The average Bonchev–Trinajstić information content (AvgIpc) is 2.64. The summed E-state index contributed by atoms with van der Waals surface area (Å²) in [6, 6.07) is 5.53. The number of rotatable bonds is 3. The molecule has 0 amide bonds. The van der Waals surface area contributed by atoms with Crippen molar-refractivity contribution in [2.45, 2.75) is 17.7 Å². The number of sulfone groups is 1. The van der Waals surface area contributed by atoms with Crippen molar-refractivity contribution >= 4 is 49.0 Å². The van der Waals surface area contributed by atoms with E-state index >= 15 is 0 Å². The predicted molar refractivity (Wildman–Crippen MR) is 79.6 cm³/mol. The third-order valence-electron chi connectivity index (χ3n) is 3.19. The first-order valence-corrected chi connectivity index (χ1v) is 9.15. The van der Waals surface area contributed by atoms with Gasteiger partial charge in [0.15, 0.2) is 9.84 Å². The van der Waals surface area contributed by atoms with Gasteiger partial charge in [-0.2, -0.15) is 0 Å². The van der Waals surface area contributed by atoms with Gasteiger partial charge in [0, 0.05) is 4.83 Å². The Hall–Kier alpha value is 0.230. The van der Waals surface area contributed by atoms with Gasteiger partial charge in [0.1, 0.15) is 0 Å². The molecule has 1 aliphatic rings. The smallest absolute Gasteiger partial charge is 0.150 e. The topological polar surface area (TPSA) is 34.1 Å². The Bertz CT molecular complexity index is 545. The SMILES string of the molecule is O=S1(=O)CCC(C(Br)Cc2ccc(Cl)c(Cl)c2)C1. The van der Waals surface area contributed by atoms with Crippen LogP contribution in [0.3, 0.4) is 0 Å². The van der Waals surface area contributed by atoms with E-state index in [2.05, 4.69) is 15.9 Å². The standard InChI is InChI=1S/C12H13BrCl2O2S/c13-10(9-3-4-18(16,17)7-9)5-8-1-2-11(14)12(15)6-8/h1-2,6,9-10H,3-5,7H2. The van der Waals surface area contributed by atoms with Gasteiger partial charge in [-0.05, 0) is 36.5 Å². The highest BCUT2D eigenvalue weighted by Gasteiger charge is 2.32. The summed E-state index contributed by atoms with van der Waals surface area (Å²) in [6.45, 7) is 0. The van der Waals surface area contributed by atoms with E-state index in [-0.39, 0.29) is 16.5 Å². The van der Waals surface area contributed by atoms with E-state index in [9.17, 15) is 8.42 Å². The molecule has 0 aromatic heterocycles. The van der Waals surface area contributed by atoms with Crippen molar-refractivity contribution in [3.05, 3.63) is 33.8 Å². The molecule has 100 valence electrons. The van der Waals surface area contributed by atoms with Crippen LogP contribution in [0, 0.1) is 5.92 Å². The predicted octanol–water partition coefficient (Wildman–Crippen LogP) is 3.73. The van der Waals surface area contributed by atoms with E-state index in [0.717, 1.165) is 18.4 Å². The zero-order valence-corrected chi connectivity index (χ0v) is 13.5. The summed E-state index contributed by atoms with van der Waals surface area (Å²) in [5, 5.41) is 1.07. The first kappa shape index (κ1) is 14.6. The molecule has 2 nitrogen and oxygen atoms in total. The van der Waals surface area contributed by atoms with Gasteiger partial charge in [0.05, 0.1) is 21.6 Å².